The van der Waals surface area contributed by atoms with Gasteiger partial charge in [-0.05, 0) is 42.0 Å². The van der Waals surface area contributed by atoms with Gasteiger partial charge in [-0.2, -0.15) is 0 Å². The van der Waals surface area contributed by atoms with E-state index in [1.54, 1.807) is 6.07 Å². The molecule has 3 N–H and O–H groups in total. The fourth-order valence-electron chi connectivity index (χ4n) is 3.32. The molecule has 25 heavy (non-hydrogen) atoms. The van der Waals surface area contributed by atoms with Gasteiger partial charge in [-0.3, -0.25) is 9.59 Å². The van der Waals surface area contributed by atoms with E-state index in [4.69, 9.17) is 17.3 Å². The molecule has 0 unspecified atom stereocenters. The third-order valence-electron chi connectivity index (χ3n) is 4.60. The zero-order chi connectivity index (χ0) is 17.8. The Kier molecular flexibility index (Phi) is 5.39. The summed E-state index contributed by atoms with van der Waals surface area (Å²) in [5.41, 5.74) is 8.58. The summed E-state index contributed by atoms with van der Waals surface area (Å²) in [6, 6.07) is 11.2. The van der Waals surface area contributed by atoms with E-state index in [-0.39, 0.29) is 22.9 Å². The highest BCUT2D eigenvalue weighted by Crippen LogP contribution is 2.31. The van der Waals surface area contributed by atoms with Gasteiger partial charge in [-0.1, -0.05) is 54.8 Å². The van der Waals surface area contributed by atoms with Gasteiger partial charge >= 0.3 is 0 Å². The van der Waals surface area contributed by atoms with Crippen molar-refractivity contribution in [2.75, 3.05) is 0 Å². The van der Waals surface area contributed by atoms with Crippen LogP contribution < -0.4 is 11.3 Å². The molecule has 0 spiro atoms. The smallest absolute Gasteiger partial charge is 0.267 e. The Balaban J connectivity index is 1.99. The Morgan fingerprint density at radius 1 is 1.16 bits per heavy atom. The third-order valence-corrected chi connectivity index (χ3v) is 4.89. The van der Waals surface area contributed by atoms with Crippen molar-refractivity contribution in [3.05, 3.63) is 74.7 Å². The number of aromatic nitrogens is 1. The first-order chi connectivity index (χ1) is 12.0. The Morgan fingerprint density at radius 2 is 1.84 bits per heavy atom. The first-order valence-corrected chi connectivity index (χ1v) is 8.89. The molecule has 0 saturated heterocycles. The molecule has 1 aromatic heterocycles. The molecule has 4 nitrogen and oxygen atoms in total. The number of aromatic amines is 1. The highest BCUT2D eigenvalue weighted by Gasteiger charge is 2.16. The molecule has 0 radical (unpaired) electrons. The van der Waals surface area contributed by atoms with Crippen molar-refractivity contribution in [1.82, 2.24) is 4.98 Å². The number of primary amides is 1. The maximum absolute atomic E-state index is 11.9. The van der Waals surface area contributed by atoms with Crippen LogP contribution in [-0.2, 0) is 11.2 Å². The summed E-state index contributed by atoms with van der Waals surface area (Å²) in [6.45, 7) is 0. The third kappa shape index (κ3) is 4.40. The molecule has 1 fully saturated rings. The number of amides is 1. The molecular weight excluding hydrogens is 336 g/mol. The van der Waals surface area contributed by atoms with Crippen LogP contribution in [0.4, 0.5) is 0 Å². The van der Waals surface area contributed by atoms with E-state index >= 15 is 0 Å². The van der Waals surface area contributed by atoms with Gasteiger partial charge in [0.05, 0.1) is 6.42 Å². The highest BCUT2D eigenvalue weighted by atomic mass is 35.5. The summed E-state index contributed by atoms with van der Waals surface area (Å²) in [4.78, 5) is 25.9. The van der Waals surface area contributed by atoms with Crippen LogP contribution in [0, 0.1) is 5.92 Å². The van der Waals surface area contributed by atoms with Crippen molar-refractivity contribution >= 4 is 23.1 Å². The highest BCUT2D eigenvalue weighted by molar-refractivity contribution is 6.30. The number of hydrogen-bond acceptors (Lipinski definition) is 2. The van der Waals surface area contributed by atoms with Crippen LogP contribution >= 0.6 is 11.6 Å². The molecule has 1 aliphatic rings. The molecule has 130 valence electrons. The minimum absolute atomic E-state index is 0.181. The normalized spacial score (nSPS) is 15.5. The summed E-state index contributed by atoms with van der Waals surface area (Å²) < 4.78 is 0. The number of halogens is 1. The van der Waals surface area contributed by atoms with Crippen LogP contribution in [-0.4, -0.2) is 10.9 Å². The van der Waals surface area contributed by atoms with Crippen molar-refractivity contribution in [1.29, 1.82) is 0 Å². The van der Waals surface area contributed by atoms with E-state index in [1.807, 2.05) is 30.3 Å². The summed E-state index contributed by atoms with van der Waals surface area (Å²) in [7, 11) is 0. The number of nitrogens with two attached hydrogens (primary N) is 1. The lowest BCUT2D eigenvalue weighted by atomic mass is 9.95. The number of allylic oxidation sites excluding steroid dienone is 1. The number of nitrogens with one attached hydrogen (secondary N) is 1. The molecule has 1 aromatic carbocycles. The zero-order valence-electron chi connectivity index (χ0n) is 13.9. The van der Waals surface area contributed by atoms with Crippen molar-refractivity contribution < 1.29 is 4.79 Å². The molecule has 0 bridgehead atoms. The van der Waals surface area contributed by atoms with Crippen molar-refractivity contribution in [2.45, 2.75) is 32.1 Å². The minimum atomic E-state index is -0.350. The lowest BCUT2D eigenvalue weighted by Gasteiger charge is -2.12. The SMILES string of the molecule is NC(=O)Cc1ccc(/C(=C\C2CCCC2)c2ccc(Cl)c(=O)[nH]2)cc1. The van der Waals surface area contributed by atoms with Crippen molar-refractivity contribution in [3.63, 3.8) is 0 Å². The summed E-state index contributed by atoms with van der Waals surface area (Å²) in [5.74, 6) is 0.163. The Hall–Kier alpha value is -2.33. The van der Waals surface area contributed by atoms with E-state index in [1.165, 1.54) is 25.7 Å². The van der Waals surface area contributed by atoms with Gasteiger partial charge in [0.15, 0.2) is 0 Å². The Labute approximate surface area is 151 Å². The molecule has 3 rings (SSSR count). The molecule has 1 saturated carbocycles. The molecule has 0 aliphatic heterocycles. The minimum Gasteiger partial charge on any atom is -0.369 e. The van der Waals surface area contributed by atoms with E-state index in [2.05, 4.69) is 11.1 Å². The van der Waals surface area contributed by atoms with Gasteiger partial charge in [-0.25, -0.2) is 0 Å². The van der Waals surface area contributed by atoms with E-state index < -0.39 is 0 Å². The summed E-state index contributed by atoms with van der Waals surface area (Å²) >= 11 is 5.86. The van der Waals surface area contributed by atoms with Gasteiger partial charge in [0.2, 0.25) is 5.91 Å². The molecular formula is C20H21ClN2O2. The van der Waals surface area contributed by atoms with E-state index in [0.29, 0.717) is 5.92 Å². The van der Waals surface area contributed by atoms with Crippen LogP contribution in [0.1, 0.15) is 42.5 Å². The first kappa shape index (κ1) is 17.5. The van der Waals surface area contributed by atoms with Crippen LogP contribution in [0.3, 0.4) is 0 Å². The molecule has 1 aliphatic carbocycles. The predicted octanol–water partition coefficient (Wildman–Crippen LogP) is 3.68. The van der Waals surface area contributed by atoms with Gasteiger partial charge in [0.25, 0.3) is 5.56 Å². The average molecular weight is 357 g/mol. The van der Waals surface area contributed by atoms with Crippen LogP contribution in [0.25, 0.3) is 5.57 Å². The topological polar surface area (TPSA) is 76.0 Å². The standard InChI is InChI=1S/C20H21ClN2O2/c21-17-9-10-18(23-20(17)25)16(11-13-3-1-2-4-13)15-7-5-14(6-8-15)12-19(22)24/h5-11,13H,1-4,12H2,(H2,22,24)(H,23,25)/b16-11+. The maximum Gasteiger partial charge on any atom is 0.267 e. The quantitative estimate of drug-likeness (QED) is 0.857. The van der Waals surface area contributed by atoms with Crippen molar-refractivity contribution in [2.24, 2.45) is 11.7 Å². The van der Waals surface area contributed by atoms with Gasteiger partial charge in [0, 0.05) is 11.3 Å². The Bertz CT molecular complexity index is 847. The summed E-state index contributed by atoms with van der Waals surface area (Å²) in [6.07, 6.45) is 7.28. The maximum atomic E-state index is 11.9. The predicted molar refractivity (Wildman–Crippen MR) is 100 cm³/mol. The van der Waals surface area contributed by atoms with Gasteiger partial charge in [0.1, 0.15) is 5.02 Å². The fraction of sp³-hybridized carbons (Fsp3) is 0.300. The molecule has 0 atom stereocenters. The first-order valence-electron chi connectivity index (χ1n) is 8.51. The number of carbonyl (C=O) groups is 1. The van der Waals surface area contributed by atoms with Gasteiger partial charge in [-0.15, -0.1) is 0 Å². The number of hydrogen-bond donors (Lipinski definition) is 2. The number of pyridine rings is 1. The van der Waals surface area contributed by atoms with Crippen LogP contribution in [0.5, 0.6) is 0 Å². The molecule has 1 amide bonds. The summed E-state index contributed by atoms with van der Waals surface area (Å²) in [5, 5.41) is 0.181. The fourth-order valence-corrected chi connectivity index (χ4v) is 3.43. The monoisotopic (exact) mass is 356 g/mol. The molecule has 1 heterocycles. The molecule has 5 heteroatoms. The Morgan fingerprint density at radius 3 is 2.44 bits per heavy atom. The zero-order valence-corrected chi connectivity index (χ0v) is 14.7. The van der Waals surface area contributed by atoms with Gasteiger partial charge < -0.3 is 10.7 Å². The van der Waals surface area contributed by atoms with Crippen LogP contribution in [0.15, 0.2) is 47.3 Å². The average Bonchev–Trinajstić information content (AvgIpc) is 3.09. The number of H-pyrrole nitrogens is 1. The second-order valence-corrected chi connectivity index (χ2v) is 6.92. The lowest BCUT2D eigenvalue weighted by Crippen LogP contribution is -2.13. The molecule has 2 aromatic rings. The largest absolute Gasteiger partial charge is 0.369 e. The van der Waals surface area contributed by atoms with E-state index in [0.717, 1.165) is 22.4 Å². The van der Waals surface area contributed by atoms with E-state index in [9.17, 15) is 9.59 Å². The second-order valence-electron chi connectivity index (χ2n) is 6.51. The van der Waals surface area contributed by atoms with Crippen LogP contribution in [0.2, 0.25) is 5.02 Å². The second kappa shape index (κ2) is 7.70. The number of benzene rings is 1. The number of rotatable bonds is 5. The van der Waals surface area contributed by atoms with Crippen molar-refractivity contribution in [3.8, 4) is 0 Å². The number of carbonyl (C=O) groups excluding carboxylic acids is 1. The lowest BCUT2D eigenvalue weighted by molar-refractivity contribution is -0.117.